The summed E-state index contributed by atoms with van der Waals surface area (Å²) in [4.78, 5) is 12.0. The number of ketones is 1. The number of rotatable bonds is 8. The molecule has 3 nitrogen and oxygen atoms in total. The average molecular weight is 268 g/mol. The molecule has 0 aromatic heterocycles. The van der Waals surface area contributed by atoms with Crippen LogP contribution in [0, 0.1) is 0 Å². The molecule has 0 saturated heterocycles. The fourth-order valence-corrected chi connectivity index (χ4v) is 2.49. The smallest absolute Gasteiger partial charge is 0.172 e. The number of benzene rings is 1. The van der Waals surface area contributed by atoms with Crippen LogP contribution in [0.3, 0.4) is 0 Å². The molecule has 0 bridgehead atoms. The van der Waals surface area contributed by atoms with E-state index in [1.165, 1.54) is 0 Å². The van der Waals surface area contributed by atoms with Gasteiger partial charge in [0.15, 0.2) is 17.3 Å². The Hall–Kier alpha value is -1.16. The van der Waals surface area contributed by atoms with E-state index in [0.717, 1.165) is 18.6 Å². The average Bonchev–Trinajstić information content (AvgIpc) is 2.42. The first kappa shape index (κ1) is 14.9. The summed E-state index contributed by atoms with van der Waals surface area (Å²) in [6, 6.07) is 5.29. The molecule has 0 atom stereocenters. The molecule has 0 aliphatic heterocycles. The van der Waals surface area contributed by atoms with Crippen LogP contribution in [-0.2, 0) is 0 Å². The van der Waals surface area contributed by atoms with Crippen molar-refractivity contribution in [3.05, 3.63) is 23.8 Å². The van der Waals surface area contributed by atoms with Crippen molar-refractivity contribution in [3.8, 4) is 11.5 Å². The van der Waals surface area contributed by atoms with Gasteiger partial charge in [-0.15, -0.1) is 0 Å². The number of carbonyl (C=O) groups excluding carboxylic acids is 1. The Bertz CT molecular complexity index is 391. The van der Waals surface area contributed by atoms with Crippen LogP contribution in [0.15, 0.2) is 18.2 Å². The normalized spacial score (nSPS) is 10.2. The highest BCUT2D eigenvalue weighted by atomic mass is 32.2. The molecule has 0 amide bonds. The van der Waals surface area contributed by atoms with Crippen molar-refractivity contribution in [2.24, 2.45) is 0 Å². The second kappa shape index (κ2) is 8.03. The van der Waals surface area contributed by atoms with Crippen molar-refractivity contribution in [2.75, 3.05) is 25.7 Å². The van der Waals surface area contributed by atoms with Gasteiger partial charge in [0.2, 0.25) is 0 Å². The first-order chi connectivity index (χ1) is 8.72. The Morgan fingerprint density at radius 1 is 1.22 bits per heavy atom. The molecule has 0 spiro atoms. The Morgan fingerprint density at radius 2 is 1.94 bits per heavy atom. The molecular formula is C14H20O3S. The maximum absolute atomic E-state index is 12.0. The summed E-state index contributed by atoms with van der Waals surface area (Å²) in [5.74, 6) is 2.94. The van der Waals surface area contributed by atoms with Crippen molar-refractivity contribution in [3.63, 3.8) is 0 Å². The maximum atomic E-state index is 12.0. The quantitative estimate of drug-likeness (QED) is 0.534. The topological polar surface area (TPSA) is 35.5 Å². The van der Waals surface area contributed by atoms with E-state index in [4.69, 9.17) is 9.47 Å². The second-order valence-electron chi connectivity index (χ2n) is 3.90. The van der Waals surface area contributed by atoms with Crippen LogP contribution < -0.4 is 9.47 Å². The van der Waals surface area contributed by atoms with Gasteiger partial charge in [-0.3, -0.25) is 4.79 Å². The summed E-state index contributed by atoms with van der Waals surface area (Å²) in [6.45, 7) is 2.15. The van der Waals surface area contributed by atoms with E-state index >= 15 is 0 Å². The summed E-state index contributed by atoms with van der Waals surface area (Å²) in [6.07, 6.45) is 2.32. The van der Waals surface area contributed by atoms with Gasteiger partial charge in [-0.2, -0.15) is 11.8 Å². The van der Waals surface area contributed by atoms with Gasteiger partial charge >= 0.3 is 0 Å². The molecule has 0 unspecified atom stereocenters. The van der Waals surface area contributed by atoms with E-state index in [9.17, 15) is 4.79 Å². The summed E-state index contributed by atoms with van der Waals surface area (Å²) >= 11 is 1.68. The SMILES string of the molecule is CCCCSCC(=O)c1ccc(OC)c(OC)c1. The number of hydrogen-bond acceptors (Lipinski definition) is 4. The minimum atomic E-state index is 0.136. The molecule has 0 N–H and O–H groups in total. The zero-order valence-corrected chi connectivity index (χ0v) is 12.0. The van der Waals surface area contributed by atoms with Gasteiger partial charge < -0.3 is 9.47 Å². The lowest BCUT2D eigenvalue weighted by Crippen LogP contribution is -2.04. The largest absolute Gasteiger partial charge is 0.493 e. The van der Waals surface area contributed by atoms with Crippen LogP contribution in [-0.4, -0.2) is 31.5 Å². The Balaban J connectivity index is 2.62. The van der Waals surface area contributed by atoms with Gasteiger partial charge in [-0.05, 0) is 30.4 Å². The van der Waals surface area contributed by atoms with Crippen LogP contribution >= 0.6 is 11.8 Å². The molecule has 1 aromatic rings. The Morgan fingerprint density at radius 3 is 2.56 bits per heavy atom. The Kier molecular flexibility index (Phi) is 6.65. The number of hydrogen-bond donors (Lipinski definition) is 0. The fraction of sp³-hybridized carbons (Fsp3) is 0.500. The van der Waals surface area contributed by atoms with Gasteiger partial charge in [-0.1, -0.05) is 13.3 Å². The monoisotopic (exact) mass is 268 g/mol. The summed E-state index contributed by atoms with van der Waals surface area (Å²) in [5.41, 5.74) is 0.677. The van der Waals surface area contributed by atoms with E-state index < -0.39 is 0 Å². The predicted molar refractivity (Wildman–Crippen MR) is 76.1 cm³/mol. The molecule has 0 fully saturated rings. The fourth-order valence-electron chi connectivity index (χ4n) is 1.50. The molecule has 0 radical (unpaired) electrons. The van der Waals surface area contributed by atoms with Gasteiger partial charge in [0.1, 0.15) is 0 Å². The molecule has 100 valence electrons. The van der Waals surface area contributed by atoms with Crippen molar-refractivity contribution in [1.29, 1.82) is 0 Å². The summed E-state index contributed by atoms with van der Waals surface area (Å²) in [7, 11) is 3.15. The number of unbranched alkanes of at least 4 members (excludes halogenated alkanes) is 1. The highest BCUT2D eigenvalue weighted by Crippen LogP contribution is 2.28. The van der Waals surface area contributed by atoms with Crippen LogP contribution in [0.25, 0.3) is 0 Å². The molecule has 18 heavy (non-hydrogen) atoms. The highest BCUT2D eigenvalue weighted by Gasteiger charge is 2.10. The number of thioether (sulfide) groups is 1. The number of Topliss-reactive ketones (excluding diaryl/α,β-unsaturated/α-hetero) is 1. The third-order valence-corrected chi connectivity index (χ3v) is 3.62. The first-order valence-electron chi connectivity index (χ1n) is 6.05. The number of methoxy groups -OCH3 is 2. The lowest BCUT2D eigenvalue weighted by Gasteiger charge is -2.08. The van der Waals surface area contributed by atoms with Crippen LogP contribution in [0.1, 0.15) is 30.1 Å². The third-order valence-electron chi connectivity index (χ3n) is 2.58. The van der Waals surface area contributed by atoms with E-state index in [-0.39, 0.29) is 5.78 Å². The van der Waals surface area contributed by atoms with Gasteiger partial charge in [0.05, 0.1) is 20.0 Å². The lowest BCUT2D eigenvalue weighted by atomic mass is 10.1. The minimum absolute atomic E-state index is 0.136. The van der Waals surface area contributed by atoms with Crippen molar-refractivity contribution in [1.82, 2.24) is 0 Å². The first-order valence-corrected chi connectivity index (χ1v) is 7.21. The highest BCUT2D eigenvalue weighted by molar-refractivity contribution is 7.99. The van der Waals surface area contributed by atoms with Crippen LogP contribution in [0.2, 0.25) is 0 Å². The zero-order chi connectivity index (χ0) is 13.4. The standard InChI is InChI=1S/C14H20O3S/c1-4-5-8-18-10-12(15)11-6-7-13(16-2)14(9-11)17-3/h6-7,9H,4-5,8,10H2,1-3H3. The number of ether oxygens (including phenoxy) is 2. The molecule has 4 heteroatoms. The molecule has 0 saturated carbocycles. The van der Waals surface area contributed by atoms with Crippen molar-refractivity contribution in [2.45, 2.75) is 19.8 Å². The van der Waals surface area contributed by atoms with Crippen LogP contribution in [0.4, 0.5) is 0 Å². The molecular weight excluding hydrogens is 248 g/mol. The summed E-state index contributed by atoms with van der Waals surface area (Å²) < 4.78 is 10.3. The van der Waals surface area contributed by atoms with E-state index in [2.05, 4.69) is 6.92 Å². The molecule has 0 aliphatic carbocycles. The van der Waals surface area contributed by atoms with Gasteiger partial charge in [0.25, 0.3) is 0 Å². The third kappa shape index (κ3) is 4.26. The Labute approximate surface area is 113 Å². The van der Waals surface area contributed by atoms with E-state index in [1.807, 2.05) is 0 Å². The maximum Gasteiger partial charge on any atom is 0.172 e. The van der Waals surface area contributed by atoms with Crippen molar-refractivity contribution >= 4 is 17.5 Å². The predicted octanol–water partition coefficient (Wildman–Crippen LogP) is 3.42. The minimum Gasteiger partial charge on any atom is -0.493 e. The lowest BCUT2D eigenvalue weighted by molar-refractivity contribution is 0.102. The second-order valence-corrected chi connectivity index (χ2v) is 5.00. The molecule has 1 rings (SSSR count). The van der Waals surface area contributed by atoms with E-state index in [0.29, 0.717) is 22.8 Å². The summed E-state index contributed by atoms with van der Waals surface area (Å²) in [5, 5.41) is 0. The van der Waals surface area contributed by atoms with Crippen LogP contribution in [0.5, 0.6) is 11.5 Å². The van der Waals surface area contributed by atoms with Crippen molar-refractivity contribution < 1.29 is 14.3 Å². The molecule has 1 aromatic carbocycles. The zero-order valence-electron chi connectivity index (χ0n) is 11.2. The molecule has 0 aliphatic rings. The van der Waals surface area contributed by atoms with Gasteiger partial charge in [-0.25, -0.2) is 0 Å². The van der Waals surface area contributed by atoms with E-state index in [1.54, 1.807) is 44.2 Å². The van der Waals surface area contributed by atoms with Gasteiger partial charge in [0, 0.05) is 5.56 Å². The number of carbonyl (C=O) groups is 1. The molecule has 0 heterocycles.